The summed E-state index contributed by atoms with van der Waals surface area (Å²) in [7, 11) is -1.58. The lowest BCUT2D eigenvalue weighted by atomic mass is 9.88. The van der Waals surface area contributed by atoms with Crippen LogP contribution >= 0.6 is 0 Å². The first-order valence-electron chi connectivity index (χ1n) is 6.46. The molecule has 0 bridgehead atoms. The maximum absolute atomic E-state index is 11.8. The van der Waals surface area contributed by atoms with Crippen molar-refractivity contribution in [2.75, 3.05) is 38.8 Å². The summed E-state index contributed by atoms with van der Waals surface area (Å²) < 4.78 is 33.4. The van der Waals surface area contributed by atoms with Crippen molar-refractivity contribution in [3.63, 3.8) is 0 Å². The van der Waals surface area contributed by atoms with Gasteiger partial charge in [0.15, 0.2) is 9.84 Å². The lowest BCUT2D eigenvalue weighted by Crippen LogP contribution is -2.48. The quantitative estimate of drug-likeness (QED) is 0.722. The molecule has 0 N–H and O–H groups in total. The summed E-state index contributed by atoms with van der Waals surface area (Å²) in [5.41, 5.74) is -0.178. The van der Waals surface area contributed by atoms with E-state index in [0.29, 0.717) is 19.7 Å². The summed E-state index contributed by atoms with van der Waals surface area (Å²) in [6.45, 7) is 1.73. The van der Waals surface area contributed by atoms with Gasteiger partial charge in [0, 0.05) is 32.9 Å². The number of nitrogens with zero attached hydrogens (tertiary/aromatic N) is 1. The van der Waals surface area contributed by atoms with Crippen molar-refractivity contribution in [2.45, 2.75) is 31.0 Å². The van der Waals surface area contributed by atoms with Gasteiger partial charge in [0.05, 0.1) is 18.3 Å². The Balaban J connectivity index is 1.88. The minimum Gasteiger partial charge on any atom is -0.379 e. The standard InChI is InChI=1S/C12H21NO5S/c1-17-10-7-12(18-8-10)3-5-13(6-4-12)11(14)9-19(2,15)16/h10H,3-9H2,1-2H3/t10-/m1/s1. The van der Waals surface area contributed by atoms with E-state index in [1.807, 2.05) is 0 Å². The van der Waals surface area contributed by atoms with Crippen molar-refractivity contribution < 1.29 is 22.7 Å². The van der Waals surface area contributed by atoms with E-state index < -0.39 is 15.6 Å². The molecule has 7 heteroatoms. The molecule has 2 aliphatic heterocycles. The highest BCUT2D eigenvalue weighted by Gasteiger charge is 2.43. The van der Waals surface area contributed by atoms with Crippen molar-refractivity contribution in [1.29, 1.82) is 0 Å². The third-order valence-electron chi connectivity index (χ3n) is 3.92. The summed E-state index contributed by atoms with van der Waals surface area (Å²) in [5, 5.41) is 0. The zero-order valence-electron chi connectivity index (χ0n) is 11.4. The van der Waals surface area contributed by atoms with Gasteiger partial charge in [-0.15, -0.1) is 0 Å². The first-order valence-corrected chi connectivity index (χ1v) is 8.52. The van der Waals surface area contributed by atoms with Crippen LogP contribution in [0.25, 0.3) is 0 Å². The second kappa shape index (κ2) is 5.38. The zero-order chi connectivity index (χ0) is 14.1. The van der Waals surface area contributed by atoms with E-state index in [1.54, 1.807) is 12.0 Å². The Morgan fingerprint density at radius 3 is 2.53 bits per heavy atom. The van der Waals surface area contributed by atoms with Crippen LogP contribution in [0, 0.1) is 0 Å². The summed E-state index contributed by atoms with van der Waals surface area (Å²) in [5.74, 6) is -0.708. The highest BCUT2D eigenvalue weighted by Crippen LogP contribution is 2.36. The van der Waals surface area contributed by atoms with Crippen molar-refractivity contribution in [3.05, 3.63) is 0 Å². The molecule has 2 heterocycles. The molecule has 1 atom stereocenters. The number of methoxy groups -OCH3 is 1. The van der Waals surface area contributed by atoms with E-state index in [0.717, 1.165) is 25.5 Å². The van der Waals surface area contributed by atoms with Crippen LogP contribution in [0.2, 0.25) is 0 Å². The molecule has 2 fully saturated rings. The van der Waals surface area contributed by atoms with E-state index in [1.165, 1.54) is 0 Å². The van der Waals surface area contributed by atoms with Gasteiger partial charge in [-0.05, 0) is 12.8 Å². The predicted molar refractivity (Wildman–Crippen MR) is 69.6 cm³/mol. The fourth-order valence-corrected chi connectivity index (χ4v) is 3.41. The molecular formula is C12H21NO5S. The van der Waals surface area contributed by atoms with Crippen LogP contribution in [0.1, 0.15) is 19.3 Å². The molecule has 0 aromatic carbocycles. The summed E-state index contributed by atoms with van der Waals surface area (Å²) >= 11 is 0. The Bertz CT molecular complexity index is 439. The van der Waals surface area contributed by atoms with E-state index in [9.17, 15) is 13.2 Å². The second-order valence-electron chi connectivity index (χ2n) is 5.51. The number of carbonyl (C=O) groups excluding carboxylic acids is 1. The van der Waals surface area contributed by atoms with Crippen LogP contribution in [-0.4, -0.2) is 69.7 Å². The zero-order valence-corrected chi connectivity index (χ0v) is 12.2. The number of ether oxygens (including phenoxy) is 2. The lowest BCUT2D eigenvalue weighted by molar-refractivity contribution is -0.133. The molecule has 110 valence electrons. The molecule has 2 aliphatic rings. The van der Waals surface area contributed by atoms with Gasteiger partial charge in [0.1, 0.15) is 5.75 Å². The topological polar surface area (TPSA) is 72.9 Å². The molecule has 0 radical (unpaired) electrons. The van der Waals surface area contributed by atoms with Crippen molar-refractivity contribution in [3.8, 4) is 0 Å². The Hall–Kier alpha value is -0.660. The Labute approximate surface area is 114 Å². The average molecular weight is 291 g/mol. The number of hydrogen-bond donors (Lipinski definition) is 0. The summed E-state index contributed by atoms with van der Waals surface area (Å²) in [6.07, 6.45) is 3.58. The van der Waals surface area contributed by atoms with Crippen LogP contribution in [0.5, 0.6) is 0 Å². The number of rotatable bonds is 3. The third-order valence-corrected chi connectivity index (χ3v) is 4.69. The number of hydrogen-bond acceptors (Lipinski definition) is 5. The van der Waals surface area contributed by atoms with Gasteiger partial charge >= 0.3 is 0 Å². The van der Waals surface area contributed by atoms with E-state index >= 15 is 0 Å². The molecule has 0 aromatic heterocycles. The normalized spacial score (nSPS) is 26.8. The first-order chi connectivity index (χ1) is 8.84. The first kappa shape index (κ1) is 14.7. The fraction of sp³-hybridized carbons (Fsp3) is 0.917. The minimum atomic E-state index is -3.26. The molecule has 2 saturated heterocycles. The Morgan fingerprint density at radius 1 is 1.42 bits per heavy atom. The maximum Gasteiger partial charge on any atom is 0.237 e. The number of carbonyl (C=O) groups is 1. The van der Waals surface area contributed by atoms with Gasteiger partial charge in [0.2, 0.25) is 5.91 Å². The van der Waals surface area contributed by atoms with E-state index in [-0.39, 0.29) is 17.6 Å². The van der Waals surface area contributed by atoms with Crippen LogP contribution in [0.4, 0.5) is 0 Å². The molecule has 1 spiro atoms. The van der Waals surface area contributed by atoms with Crippen molar-refractivity contribution >= 4 is 15.7 Å². The minimum absolute atomic E-state index is 0.137. The smallest absolute Gasteiger partial charge is 0.237 e. The van der Waals surface area contributed by atoms with Gasteiger partial charge in [-0.25, -0.2) is 8.42 Å². The molecular weight excluding hydrogens is 270 g/mol. The van der Waals surface area contributed by atoms with E-state index in [2.05, 4.69) is 0 Å². The second-order valence-corrected chi connectivity index (χ2v) is 7.65. The van der Waals surface area contributed by atoms with Crippen molar-refractivity contribution in [1.82, 2.24) is 4.90 Å². The van der Waals surface area contributed by atoms with Crippen LogP contribution in [0.15, 0.2) is 0 Å². The monoisotopic (exact) mass is 291 g/mol. The lowest BCUT2D eigenvalue weighted by Gasteiger charge is -2.38. The Morgan fingerprint density at radius 2 is 2.05 bits per heavy atom. The highest BCUT2D eigenvalue weighted by molar-refractivity contribution is 7.91. The number of amides is 1. The number of piperidine rings is 1. The SMILES string of the molecule is CO[C@H]1COC2(CCN(C(=O)CS(C)(=O)=O)CC2)C1. The van der Waals surface area contributed by atoms with Gasteiger partial charge in [-0.1, -0.05) is 0 Å². The number of sulfone groups is 1. The largest absolute Gasteiger partial charge is 0.379 e. The van der Waals surface area contributed by atoms with Gasteiger partial charge in [-0.3, -0.25) is 4.79 Å². The van der Waals surface area contributed by atoms with E-state index in [4.69, 9.17) is 9.47 Å². The highest BCUT2D eigenvalue weighted by atomic mass is 32.2. The summed E-state index contributed by atoms with van der Waals surface area (Å²) in [6, 6.07) is 0. The molecule has 1 amide bonds. The van der Waals surface area contributed by atoms with Crippen LogP contribution in [-0.2, 0) is 24.1 Å². The fourth-order valence-electron chi connectivity index (χ4n) is 2.78. The molecule has 0 aromatic rings. The Kier molecular flexibility index (Phi) is 4.17. The van der Waals surface area contributed by atoms with Gasteiger partial charge in [-0.2, -0.15) is 0 Å². The molecule has 0 unspecified atom stereocenters. The third kappa shape index (κ3) is 3.67. The molecule has 0 saturated carbocycles. The molecule has 19 heavy (non-hydrogen) atoms. The molecule has 6 nitrogen and oxygen atoms in total. The summed E-state index contributed by atoms with van der Waals surface area (Å²) in [4.78, 5) is 13.4. The van der Waals surface area contributed by atoms with Crippen LogP contribution < -0.4 is 0 Å². The predicted octanol–water partition coefficient (Wildman–Crippen LogP) is -0.172. The van der Waals surface area contributed by atoms with Gasteiger partial charge < -0.3 is 14.4 Å². The molecule has 2 rings (SSSR count). The van der Waals surface area contributed by atoms with Crippen molar-refractivity contribution in [2.24, 2.45) is 0 Å². The van der Waals surface area contributed by atoms with Gasteiger partial charge in [0.25, 0.3) is 0 Å². The number of likely N-dealkylation sites (tertiary alicyclic amines) is 1. The maximum atomic E-state index is 11.8. The molecule has 0 aliphatic carbocycles. The van der Waals surface area contributed by atoms with Crippen LogP contribution in [0.3, 0.4) is 0 Å². The average Bonchev–Trinajstić information content (AvgIpc) is 2.71.